The second kappa shape index (κ2) is 5.20. The monoisotopic (exact) mass is 255 g/mol. The Hall–Kier alpha value is -1.53. The van der Waals surface area contributed by atoms with Crippen molar-refractivity contribution < 1.29 is 8.42 Å². The van der Waals surface area contributed by atoms with Gasteiger partial charge in [-0.15, -0.1) is 0 Å². The van der Waals surface area contributed by atoms with Crippen LogP contribution in [0.1, 0.15) is 6.92 Å². The fourth-order valence-electron chi connectivity index (χ4n) is 1.27. The number of hydrogen-bond acceptors (Lipinski definition) is 4. The van der Waals surface area contributed by atoms with Crippen molar-refractivity contribution in [2.45, 2.75) is 11.8 Å². The van der Waals surface area contributed by atoms with Gasteiger partial charge in [0.15, 0.2) is 0 Å². The van der Waals surface area contributed by atoms with Crippen molar-refractivity contribution in [1.82, 2.24) is 4.72 Å². The molecule has 0 atom stereocenters. The average Bonchev–Trinajstić information content (AvgIpc) is 2.26. The average molecular weight is 255 g/mol. The van der Waals surface area contributed by atoms with Crippen LogP contribution in [-0.4, -0.2) is 22.0 Å². The number of nitrogens with one attached hydrogen (secondary N) is 2. The molecule has 0 aliphatic rings. The van der Waals surface area contributed by atoms with E-state index in [-0.39, 0.29) is 10.6 Å². The quantitative estimate of drug-likeness (QED) is 0.544. The van der Waals surface area contributed by atoms with Gasteiger partial charge in [0.2, 0.25) is 10.0 Å². The highest BCUT2D eigenvalue weighted by Crippen LogP contribution is 2.22. The molecule has 0 fully saturated rings. The van der Waals surface area contributed by atoms with Gasteiger partial charge in [0.25, 0.3) is 0 Å². The molecule has 94 valence electrons. The third kappa shape index (κ3) is 3.47. The normalized spacial score (nSPS) is 11.2. The molecule has 5 nitrogen and oxygen atoms in total. The topological polar surface area (TPSA) is 84.2 Å². The first-order chi connectivity index (χ1) is 7.86. The van der Waals surface area contributed by atoms with E-state index >= 15 is 0 Å². The highest BCUT2D eigenvalue weighted by molar-refractivity contribution is 7.89. The Morgan fingerprint density at radius 2 is 2.12 bits per heavy atom. The lowest BCUT2D eigenvalue weighted by atomic mass is 10.2. The van der Waals surface area contributed by atoms with Gasteiger partial charge in [0.1, 0.15) is 4.90 Å². The predicted molar refractivity (Wildman–Crippen MR) is 70.4 cm³/mol. The molecule has 1 aromatic carbocycles. The van der Waals surface area contributed by atoms with E-state index in [1.54, 1.807) is 12.1 Å². The van der Waals surface area contributed by atoms with Crippen LogP contribution in [0.15, 0.2) is 35.2 Å². The van der Waals surface area contributed by atoms with Gasteiger partial charge in [-0.2, -0.15) is 0 Å². The summed E-state index contributed by atoms with van der Waals surface area (Å²) in [4.78, 5) is 0.0841. The first-order valence-corrected chi connectivity index (χ1v) is 6.56. The highest BCUT2D eigenvalue weighted by atomic mass is 32.2. The van der Waals surface area contributed by atoms with Gasteiger partial charge in [0, 0.05) is 12.2 Å². The maximum absolute atomic E-state index is 11.6. The van der Waals surface area contributed by atoms with Crippen LogP contribution in [-0.2, 0) is 10.0 Å². The summed E-state index contributed by atoms with van der Waals surface area (Å²) in [6.07, 6.45) is 0. The molecule has 0 unspecified atom stereocenters. The van der Waals surface area contributed by atoms with Crippen LogP contribution in [0.4, 0.5) is 11.4 Å². The van der Waals surface area contributed by atoms with Crippen molar-refractivity contribution in [3.8, 4) is 0 Å². The Kier molecular flexibility index (Phi) is 4.14. The minimum absolute atomic E-state index is 0.0841. The molecular weight excluding hydrogens is 238 g/mol. The summed E-state index contributed by atoms with van der Waals surface area (Å²) >= 11 is 0. The smallest absolute Gasteiger partial charge is 0.242 e. The van der Waals surface area contributed by atoms with E-state index < -0.39 is 10.0 Å². The third-order valence-corrected chi connectivity index (χ3v) is 3.65. The highest BCUT2D eigenvalue weighted by Gasteiger charge is 2.14. The SMILES string of the molecule is C=C(C)CNc1ccc(S(=O)(=O)NC)c(N)c1. The molecule has 0 aromatic heterocycles. The van der Waals surface area contributed by atoms with Crippen molar-refractivity contribution >= 4 is 21.4 Å². The maximum atomic E-state index is 11.6. The lowest BCUT2D eigenvalue weighted by molar-refractivity contribution is 0.588. The molecule has 6 heteroatoms. The van der Waals surface area contributed by atoms with Crippen LogP contribution in [0.5, 0.6) is 0 Å². The zero-order chi connectivity index (χ0) is 13.1. The first-order valence-electron chi connectivity index (χ1n) is 5.08. The molecule has 1 aromatic rings. The number of hydrogen-bond donors (Lipinski definition) is 3. The standard InChI is InChI=1S/C11H17N3O2S/c1-8(2)7-14-9-4-5-11(10(12)6-9)17(15,16)13-3/h4-6,13-14H,1,7,12H2,2-3H3. The summed E-state index contributed by atoms with van der Waals surface area (Å²) in [7, 11) is -2.15. The fourth-order valence-corrected chi connectivity index (χ4v) is 2.10. The summed E-state index contributed by atoms with van der Waals surface area (Å²) in [6, 6.07) is 4.73. The van der Waals surface area contributed by atoms with Gasteiger partial charge in [-0.25, -0.2) is 13.1 Å². The Labute approximate surface area is 102 Å². The van der Waals surface area contributed by atoms with Crippen LogP contribution < -0.4 is 15.8 Å². The van der Waals surface area contributed by atoms with Gasteiger partial charge in [-0.3, -0.25) is 0 Å². The Bertz CT molecular complexity index is 524. The van der Waals surface area contributed by atoms with E-state index in [0.29, 0.717) is 6.54 Å². The summed E-state index contributed by atoms with van der Waals surface area (Å²) in [5.41, 5.74) is 7.67. The summed E-state index contributed by atoms with van der Waals surface area (Å²) in [5, 5.41) is 3.09. The molecular formula is C11H17N3O2S. The lowest BCUT2D eigenvalue weighted by Crippen LogP contribution is -2.20. The molecule has 4 N–H and O–H groups in total. The summed E-state index contributed by atoms with van der Waals surface area (Å²) in [6.45, 7) is 6.28. The van der Waals surface area contributed by atoms with E-state index in [4.69, 9.17) is 5.73 Å². The minimum Gasteiger partial charge on any atom is -0.398 e. The molecule has 0 bridgehead atoms. The van der Waals surface area contributed by atoms with E-state index in [9.17, 15) is 8.42 Å². The molecule has 0 amide bonds. The number of anilines is 2. The van der Waals surface area contributed by atoms with E-state index in [1.165, 1.54) is 13.1 Å². The summed E-state index contributed by atoms with van der Waals surface area (Å²) < 4.78 is 25.4. The minimum atomic E-state index is -3.50. The molecule has 0 aliphatic heterocycles. The molecule has 1 rings (SSSR count). The molecule has 17 heavy (non-hydrogen) atoms. The van der Waals surface area contributed by atoms with Crippen LogP contribution >= 0.6 is 0 Å². The molecule has 0 radical (unpaired) electrons. The second-order valence-electron chi connectivity index (χ2n) is 3.77. The maximum Gasteiger partial charge on any atom is 0.242 e. The molecule has 0 heterocycles. The number of nitrogen functional groups attached to an aromatic ring is 1. The van der Waals surface area contributed by atoms with Crippen LogP contribution in [0.3, 0.4) is 0 Å². The van der Waals surface area contributed by atoms with E-state index in [0.717, 1.165) is 11.3 Å². The number of rotatable bonds is 5. The molecule has 0 saturated heterocycles. The largest absolute Gasteiger partial charge is 0.398 e. The van der Waals surface area contributed by atoms with Gasteiger partial charge >= 0.3 is 0 Å². The zero-order valence-corrected chi connectivity index (χ0v) is 10.8. The van der Waals surface area contributed by atoms with Crippen LogP contribution in [0.25, 0.3) is 0 Å². The van der Waals surface area contributed by atoms with Crippen LogP contribution in [0, 0.1) is 0 Å². The Morgan fingerprint density at radius 3 is 2.59 bits per heavy atom. The summed E-state index contributed by atoms with van der Waals surface area (Å²) in [5.74, 6) is 0. The Morgan fingerprint density at radius 1 is 1.47 bits per heavy atom. The first kappa shape index (κ1) is 13.5. The third-order valence-electron chi connectivity index (χ3n) is 2.16. The van der Waals surface area contributed by atoms with Crippen molar-refractivity contribution in [3.05, 3.63) is 30.4 Å². The fraction of sp³-hybridized carbons (Fsp3) is 0.273. The Balaban J connectivity index is 2.98. The predicted octanol–water partition coefficient (Wildman–Crippen LogP) is 1.16. The van der Waals surface area contributed by atoms with Crippen molar-refractivity contribution in [3.63, 3.8) is 0 Å². The van der Waals surface area contributed by atoms with Crippen molar-refractivity contribution in [2.24, 2.45) is 0 Å². The van der Waals surface area contributed by atoms with Crippen LogP contribution in [0.2, 0.25) is 0 Å². The van der Waals surface area contributed by atoms with Crippen molar-refractivity contribution in [1.29, 1.82) is 0 Å². The second-order valence-corrected chi connectivity index (χ2v) is 5.63. The lowest BCUT2D eigenvalue weighted by Gasteiger charge is -2.10. The van der Waals surface area contributed by atoms with Gasteiger partial charge in [-0.1, -0.05) is 12.2 Å². The molecule has 0 saturated carbocycles. The number of nitrogens with two attached hydrogens (primary N) is 1. The molecule has 0 spiro atoms. The van der Waals surface area contributed by atoms with Gasteiger partial charge in [-0.05, 0) is 32.2 Å². The number of benzene rings is 1. The van der Waals surface area contributed by atoms with E-state index in [2.05, 4.69) is 16.6 Å². The molecule has 0 aliphatic carbocycles. The number of sulfonamides is 1. The van der Waals surface area contributed by atoms with Gasteiger partial charge < -0.3 is 11.1 Å². The van der Waals surface area contributed by atoms with Crippen molar-refractivity contribution in [2.75, 3.05) is 24.6 Å². The van der Waals surface area contributed by atoms with Gasteiger partial charge in [0.05, 0.1) is 5.69 Å². The zero-order valence-electron chi connectivity index (χ0n) is 9.95. The van der Waals surface area contributed by atoms with E-state index in [1.807, 2.05) is 6.92 Å².